The summed E-state index contributed by atoms with van der Waals surface area (Å²) in [6.45, 7) is 6.46. The predicted octanol–water partition coefficient (Wildman–Crippen LogP) is 5.51. The number of benzene rings is 3. The predicted molar refractivity (Wildman–Crippen MR) is 143 cm³/mol. The van der Waals surface area contributed by atoms with E-state index in [2.05, 4.69) is 42.0 Å². The van der Waals surface area contributed by atoms with Gasteiger partial charge in [-0.15, -0.1) is 0 Å². The van der Waals surface area contributed by atoms with Crippen LogP contribution in [0.5, 0.6) is 5.75 Å². The Labute approximate surface area is 216 Å². The lowest BCUT2D eigenvalue weighted by molar-refractivity contribution is -0.142. The first-order valence-corrected chi connectivity index (χ1v) is 12.5. The highest BCUT2D eigenvalue weighted by Gasteiger charge is 2.30. The molecule has 1 N–H and O–H groups in total. The number of nitrogens with one attached hydrogen (secondary N) is 1. The molecule has 0 fully saturated rings. The summed E-state index contributed by atoms with van der Waals surface area (Å²) in [5, 5.41) is 2.74. The van der Waals surface area contributed by atoms with E-state index in [-0.39, 0.29) is 23.8 Å². The molecule has 0 bridgehead atoms. The molecule has 3 aromatic carbocycles. The fourth-order valence-electron chi connectivity index (χ4n) is 3.94. The van der Waals surface area contributed by atoms with Crippen LogP contribution in [0, 0.1) is 0 Å². The van der Waals surface area contributed by atoms with Gasteiger partial charge in [0.05, 0.1) is 0 Å². The standard InChI is InChI=1S/C29H33BrN2O3/c1-29(2,3)24-12-8-9-13-26(24)35-20-27(33)32(19-22-14-16-23(30)17-15-22)25(28(34)31-4)18-21-10-6-5-7-11-21/h5-17,25H,18-20H2,1-4H3,(H,31,34)/t25-/m1/s1. The number of rotatable bonds is 9. The minimum atomic E-state index is -0.681. The van der Waals surface area contributed by atoms with Gasteiger partial charge >= 0.3 is 0 Å². The number of hydrogen-bond donors (Lipinski definition) is 1. The maximum atomic E-state index is 13.6. The van der Waals surface area contributed by atoms with Crippen LogP contribution in [0.3, 0.4) is 0 Å². The summed E-state index contributed by atoms with van der Waals surface area (Å²) in [6.07, 6.45) is 0.404. The molecule has 6 heteroatoms. The van der Waals surface area contributed by atoms with Crippen molar-refractivity contribution in [3.63, 3.8) is 0 Å². The zero-order valence-electron chi connectivity index (χ0n) is 20.8. The summed E-state index contributed by atoms with van der Waals surface area (Å²) in [6, 6.07) is 24.6. The third-order valence-corrected chi connectivity index (χ3v) is 6.36. The molecule has 0 unspecified atom stereocenters. The van der Waals surface area contributed by atoms with Gasteiger partial charge in [-0.25, -0.2) is 0 Å². The molecule has 0 aromatic heterocycles. The maximum absolute atomic E-state index is 13.6. The molecule has 5 nitrogen and oxygen atoms in total. The minimum absolute atomic E-state index is 0.130. The molecule has 35 heavy (non-hydrogen) atoms. The Balaban J connectivity index is 1.90. The van der Waals surface area contributed by atoms with Crippen molar-refractivity contribution in [3.05, 3.63) is 100 Å². The number of ether oxygens (including phenoxy) is 1. The summed E-state index contributed by atoms with van der Waals surface area (Å²) < 4.78 is 7.00. The molecule has 0 saturated carbocycles. The molecule has 0 spiro atoms. The van der Waals surface area contributed by atoms with Gasteiger partial charge in [0, 0.05) is 24.5 Å². The van der Waals surface area contributed by atoms with Crippen LogP contribution in [-0.4, -0.2) is 36.4 Å². The molecule has 0 heterocycles. The largest absolute Gasteiger partial charge is 0.483 e. The van der Waals surface area contributed by atoms with Crippen molar-refractivity contribution in [3.8, 4) is 5.75 Å². The fourth-order valence-corrected chi connectivity index (χ4v) is 4.21. The lowest BCUT2D eigenvalue weighted by Gasteiger charge is -2.31. The first-order chi connectivity index (χ1) is 16.7. The molecule has 0 radical (unpaired) electrons. The molecule has 184 valence electrons. The van der Waals surface area contributed by atoms with Gasteiger partial charge in [-0.1, -0.05) is 97.4 Å². The van der Waals surface area contributed by atoms with Crippen LogP contribution in [-0.2, 0) is 28.0 Å². The molecule has 3 rings (SSSR count). The van der Waals surface area contributed by atoms with E-state index in [0.717, 1.165) is 21.2 Å². The fraction of sp³-hybridized carbons (Fsp3) is 0.310. The van der Waals surface area contributed by atoms with E-state index in [4.69, 9.17) is 4.74 Å². The van der Waals surface area contributed by atoms with Crippen molar-refractivity contribution in [2.24, 2.45) is 0 Å². The summed E-state index contributed by atoms with van der Waals surface area (Å²) >= 11 is 3.46. The SMILES string of the molecule is CNC(=O)[C@@H](Cc1ccccc1)N(Cc1ccc(Br)cc1)C(=O)COc1ccccc1C(C)(C)C. The van der Waals surface area contributed by atoms with Gasteiger partial charge in [-0.2, -0.15) is 0 Å². The van der Waals surface area contributed by atoms with E-state index in [1.807, 2.05) is 78.9 Å². The van der Waals surface area contributed by atoms with Crippen LogP contribution < -0.4 is 10.1 Å². The highest BCUT2D eigenvalue weighted by Crippen LogP contribution is 2.31. The van der Waals surface area contributed by atoms with Crippen molar-refractivity contribution in [2.45, 2.75) is 45.2 Å². The highest BCUT2D eigenvalue weighted by atomic mass is 79.9. The summed E-state index contributed by atoms with van der Waals surface area (Å²) in [5.41, 5.74) is 2.81. The Morgan fingerprint density at radius 2 is 1.54 bits per heavy atom. The van der Waals surface area contributed by atoms with Crippen molar-refractivity contribution in [1.82, 2.24) is 10.2 Å². The summed E-state index contributed by atoms with van der Waals surface area (Å²) in [5.74, 6) is 0.215. The molecule has 0 aliphatic heterocycles. The molecular weight excluding hydrogens is 504 g/mol. The van der Waals surface area contributed by atoms with Crippen LogP contribution >= 0.6 is 15.9 Å². The molecule has 3 aromatic rings. The monoisotopic (exact) mass is 536 g/mol. The van der Waals surface area contributed by atoms with Crippen LogP contribution in [0.1, 0.15) is 37.5 Å². The van der Waals surface area contributed by atoms with Crippen molar-refractivity contribution < 1.29 is 14.3 Å². The molecule has 1 atom stereocenters. The van der Waals surface area contributed by atoms with Gasteiger partial charge in [0.1, 0.15) is 11.8 Å². The normalized spacial score (nSPS) is 12.0. The number of hydrogen-bond acceptors (Lipinski definition) is 3. The van der Waals surface area contributed by atoms with E-state index in [9.17, 15) is 9.59 Å². The Bertz CT molecular complexity index is 1120. The third-order valence-electron chi connectivity index (χ3n) is 5.83. The van der Waals surface area contributed by atoms with Gasteiger partial charge in [0.15, 0.2) is 6.61 Å². The number of carbonyl (C=O) groups is 2. The molecule has 0 aliphatic rings. The quantitative estimate of drug-likeness (QED) is 0.392. The third kappa shape index (κ3) is 7.43. The molecular formula is C29H33BrN2O3. The van der Waals surface area contributed by atoms with Crippen molar-refractivity contribution >= 4 is 27.7 Å². The van der Waals surface area contributed by atoms with Crippen LogP contribution in [0.4, 0.5) is 0 Å². The van der Waals surface area contributed by atoms with Crippen molar-refractivity contribution in [2.75, 3.05) is 13.7 Å². The van der Waals surface area contributed by atoms with E-state index in [1.165, 1.54) is 0 Å². The number of nitrogens with zero attached hydrogens (tertiary/aromatic N) is 1. The summed E-state index contributed by atoms with van der Waals surface area (Å²) in [4.78, 5) is 28.2. The van der Waals surface area contributed by atoms with E-state index < -0.39 is 6.04 Å². The van der Waals surface area contributed by atoms with Gasteiger partial charge < -0.3 is 15.0 Å². The lowest BCUT2D eigenvalue weighted by atomic mass is 9.86. The molecule has 0 aliphatic carbocycles. The van der Waals surface area contributed by atoms with E-state index in [1.54, 1.807) is 11.9 Å². The lowest BCUT2D eigenvalue weighted by Crippen LogP contribution is -2.51. The first-order valence-electron chi connectivity index (χ1n) is 11.7. The minimum Gasteiger partial charge on any atom is -0.483 e. The molecule has 0 saturated heterocycles. The second-order valence-corrected chi connectivity index (χ2v) is 10.4. The number of carbonyl (C=O) groups excluding carboxylic acids is 2. The molecule has 2 amide bonds. The van der Waals surface area contributed by atoms with E-state index >= 15 is 0 Å². The number of para-hydroxylation sites is 1. The van der Waals surface area contributed by atoms with Crippen molar-refractivity contribution in [1.29, 1.82) is 0 Å². The zero-order valence-corrected chi connectivity index (χ0v) is 22.3. The topological polar surface area (TPSA) is 58.6 Å². The Hall–Kier alpha value is -3.12. The highest BCUT2D eigenvalue weighted by molar-refractivity contribution is 9.10. The van der Waals surface area contributed by atoms with Gasteiger partial charge in [-0.3, -0.25) is 9.59 Å². The average molecular weight is 537 g/mol. The zero-order chi connectivity index (χ0) is 25.4. The second kappa shape index (κ2) is 12.0. The Morgan fingerprint density at radius 1 is 0.914 bits per heavy atom. The van der Waals surface area contributed by atoms with Gasteiger partial charge in [0.2, 0.25) is 5.91 Å². The Morgan fingerprint density at radius 3 is 2.17 bits per heavy atom. The first kappa shape index (κ1) is 26.5. The van der Waals surface area contributed by atoms with Crippen LogP contribution in [0.2, 0.25) is 0 Å². The average Bonchev–Trinajstić information content (AvgIpc) is 2.85. The van der Waals surface area contributed by atoms with Crippen LogP contribution in [0.25, 0.3) is 0 Å². The number of amides is 2. The maximum Gasteiger partial charge on any atom is 0.261 e. The van der Waals surface area contributed by atoms with Gasteiger partial charge in [-0.05, 0) is 40.3 Å². The Kier molecular flexibility index (Phi) is 9.10. The van der Waals surface area contributed by atoms with E-state index in [0.29, 0.717) is 18.7 Å². The number of likely N-dealkylation sites (N-methyl/N-ethyl adjacent to an activating group) is 1. The van der Waals surface area contributed by atoms with Gasteiger partial charge in [0.25, 0.3) is 5.91 Å². The smallest absolute Gasteiger partial charge is 0.261 e. The summed E-state index contributed by atoms with van der Waals surface area (Å²) in [7, 11) is 1.60. The second-order valence-electron chi connectivity index (χ2n) is 9.50. The number of halogens is 1. The van der Waals surface area contributed by atoms with Crippen LogP contribution in [0.15, 0.2) is 83.3 Å².